The average molecular weight is 692 g/mol. The number of halogens is 4. The first-order chi connectivity index (χ1) is 11.4. The molecule has 25 heavy (non-hydrogen) atoms. The third kappa shape index (κ3) is 4.98. The summed E-state index contributed by atoms with van der Waals surface area (Å²) in [4.78, 5) is 19.4. The minimum absolute atomic E-state index is 0. The lowest BCUT2D eigenvalue weighted by atomic mass is 10.1. The normalized spacial score (nSPS) is 10.2. The Morgan fingerprint density at radius 3 is 2.20 bits per heavy atom. The van der Waals surface area contributed by atoms with Crippen LogP contribution in [0.3, 0.4) is 0 Å². The molecule has 4 N–H and O–H groups in total. The van der Waals surface area contributed by atoms with E-state index in [0.29, 0.717) is 11.5 Å². The molecule has 0 spiro atoms. The molecule has 0 saturated carbocycles. The molecule has 0 aliphatic carbocycles. The summed E-state index contributed by atoms with van der Waals surface area (Å²) in [6, 6.07) is 11.3. The van der Waals surface area contributed by atoms with Crippen molar-refractivity contribution in [2.45, 2.75) is 0 Å². The van der Waals surface area contributed by atoms with Gasteiger partial charge in [-0.25, -0.2) is 4.98 Å². The summed E-state index contributed by atoms with van der Waals surface area (Å²) in [7, 11) is 0. The third-order valence-electron chi connectivity index (χ3n) is 3.30. The Balaban J connectivity index is 0.00000225. The van der Waals surface area contributed by atoms with E-state index in [1.54, 1.807) is 6.20 Å². The van der Waals surface area contributed by atoms with Crippen molar-refractivity contribution in [3.8, 4) is 11.3 Å². The summed E-state index contributed by atoms with van der Waals surface area (Å²) in [5.74, 6) is 0.256. The van der Waals surface area contributed by atoms with Crippen molar-refractivity contribution in [1.29, 1.82) is 0 Å². The topological polar surface area (TPSA) is 83.8 Å². The molecule has 1 aromatic heterocycles. The van der Waals surface area contributed by atoms with Crippen LogP contribution in [-0.4, -0.2) is 15.9 Å². The van der Waals surface area contributed by atoms with Crippen molar-refractivity contribution >= 4 is 97.7 Å². The van der Waals surface area contributed by atoms with E-state index in [9.17, 15) is 4.79 Å². The molecule has 2 aromatic carbocycles. The lowest BCUT2D eigenvalue weighted by Crippen LogP contribution is -2.12. The number of imidazole rings is 1. The van der Waals surface area contributed by atoms with Crippen LogP contribution in [0.2, 0.25) is 0 Å². The number of nitrogens with two attached hydrogens (primary N) is 1. The molecule has 0 saturated heterocycles. The molecule has 1 heterocycles. The molecule has 5 nitrogen and oxygen atoms in total. The van der Waals surface area contributed by atoms with Crippen molar-refractivity contribution in [1.82, 2.24) is 9.97 Å². The molecule has 3 aromatic rings. The van der Waals surface area contributed by atoms with Gasteiger partial charge in [-0.2, -0.15) is 0 Å². The second-order valence-corrected chi connectivity index (χ2v) is 8.37. The molecule has 1 amide bonds. The first kappa shape index (κ1) is 20.7. The summed E-state index contributed by atoms with van der Waals surface area (Å²) in [6.07, 6.45) is 1.68. The maximum atomic E-state index is 12.4. The van der Waals surface area contributed by atoms with Gasteiger partial charge in [0.1, 0.15) is 0 Å². The summed E-state index contributed by atoms with van der Waals surface area (Å²) < 4.78 is 3.29. The van der Waals surface area contributed by atoms with E-state index in [2.05, 4.69) is 83.1 Å². The number of aromatic nitrogens is 2. The fraction of sp³-hybridized carbons (Fsp3) is 0. The molecule has 9 heteroatoms. The average Bonchev–Trinajstić information content (AvgIpc) is 2.99. The molecule has 3 rings (SSSR count). The summed E-state index contributed by atoms with van der Waals surface area (Å²) in [6.45, 7) is 0. The van der Waals surface area contributed by atoms with Gasteiger partial charge in [0.05, 0.1) is 11.9 Å². The Hall–Kier alpha value is -0.600. The molecule has 0 bridgehead atoms. The van der Waals surface area contributed by atoms with Crippen LogP contribution in [0.1, 0.15) is 10.4 Å². The van der Waals surface area contributed by atoms with Crippen molar-refractivity contribution in [2.24, 2.45) is 0 Å². The highest BCUT2D eigenvalue weighted by Gasteiger charge is 2.11. The monoisotopic (exact) mass is 692 g/mol. The zero-order valence-corrected chi connectivity index (χ0v) is 19.8. The van der Waals surface area contributed by atoms with Gasteiger partial charge in [-0.05, 0) is 97.6 Å². The van der Waals surface area contributed by atoms with E-state index in [1.807, 2.05) is 36.4 Å². The quantitative estimate of drug-likeness (QED) is 0.263. The highest BCUT2D eigenvalue weighted by Crippen LogP contribution is 2.24. The highest BCUT2D eigenvalue weighted by atomic mass is 127. The number of carbonyl (C=O) groups excluding carboxylic acids is 1. The number of hydrogen-bond acceptors (Lipinski definition) is 3. The zero-order valence-electron chi connectivity index (χ0n) is 12.5. The standard InChI is InChI=1S/C16H11I3N4O.ClH/c17-11-5-9(6-12(18)14(11)19)15(24)22-10-3-1-8(2-4-10)13-7-21-16(20)23-13;/h1-7H,(H,22,24)(H3,20,21,23);1H. The molecule has 0 fully saturated rings. The Kier molecular flexibility index (Phi) is 7.34. The van der Waals surface area contributed by atoms with Crippen LogP contribution in [0.4, 0.5) is 11.6 Å². The predicted octanol–water partition coefficient (Wildman–Crippen LogP) is 5.15. The molecule has 130 valence electrons. The predicted molar refractivity (Wildman–Crippen MR) is 128 cm³/mol. The fourth-order valence-electron chi connectivity index (χ4n) is 2.11. The van der Waals surface area contributed by atoms with Crippen LogP contribution in [0.15, 0.2) is 42.6 Å². The minimum atomic E-state index is -0.124. The third-order valence-corrected chi connectivity index (χ3v) is 8.22. The number of carbonyl (C=O) groups is 1. The Morgan fingerprint density at radius 1 is 1.08 bits per heavy atom. The number of nitrogens with one attached hydrogen (secondary N) is 2. The summed E-state index contributed by atoms with van der Waals surface area (Å²) >= 11 is 6.76. The second-order valence-electron chi connectivity index (χ2n) is 4.97. The van der Waals surface area contributed by atoms with E-state index in [1.165, 1.54) is 0 Å². The number of hydrogen-bond donors (Lipinski definition) is 3. The van der Waals surface area contributed by atoms with Crippen LogP contribution in [0.25, 0.3) is 11.3 Å². The number of amides is 1. The zero-order chi connectivity index (χ0) is 17.3. The SMILES string of the molecule is Cl.Nc1ncc(-c2ccc(NC(=O)c3cc(I)c(I)c(I)c3)cc2)[nH]1. The Bertz CT molecular complexity index is 889. The van der Waals surface area contributed by atoms with Crippen LogP contribution in [-0.2, 0) is 0 Å². The molecule has 0 aliphatic rings. The van der Waals surface area contributed by atoms with Gasteiger partial charge in [-0.3, -0.25) is 4.79 Å². The lowest BCUT2D eigenvalue weighted by molar-refractivity contribution is 0.102. The van der Waals surface area contributed by atoms with Gasteiger partial charge < -0.3 is 16.0 Å². The first-order valence-corrected chi connectivity index (χ1v) is 10.0. The van der Waals surface area contributed by atoms with E-state index in [4.69, 9.17) is 5.73 Å². The summed E-state index contributed by atoms with van der Waals surface area (Å²) in [5.41, 5.74) is 8.76. The fourth-order valence-corrected chi connectivity index (χ4v) is 4.19. The highest BCUT2D eigenvalue weighted by molar-refractivity contribution is 14.1. The molecular weight excluding hydrogens is 680 g/mol. The maximum Gasteiger partial charge on any atom is 0.255 e. The van der Waals surface area contributed by atoms with Crippen molar-refractivity contribution in [3.05, 3.63) is 58.9 Å². The van der Waals surface area contributed by atoms with Gasteiger partial charge in [0, 0.05) is 22.0 Å². The van der Waals surface area contributed by atoms with Gasteiger partial charge in [0.25, 0.3) is 5.91 Å². The van der Waals surface area contributed by atoms with Crippen LogP contribution in [0.5, 0.6) is 0 Å². The van der Waals surface area contributed by atoms with E-state index >= 15 is 0 Å². The second kappa shape index (κ2) is 8.86. The number of rotatable bonds is 3. The molecule has 0 unspecified atom stereocenters. The van der Waals surface area contributed by atoms with Crippen molar-refractivity contribution in [2.75, 3.05) is 11.1 Å². The molecule has 0 aliphatic heterocycles. The number of anilines is 2. The number of H-pyrrole nitrogens is 1. The van der Waals surface area contributed by atoms with Gasteiger partial charge in [-0.15, -0.1) is 12.4 Å². The first-order valence-electron chi connectivity index (χ1n) is 6.81. The van der Waals surface area contributed by atoms with E-state index < -0.39 is 0 Å². The van der Waals surface area contributed by atoms with Gasteiger partial charge in [0.2, 0.25) is 0 Å². The number of nitrogen functional groups attached to an aromatic ring is 1. The van der Waals surface area contributed by atoms with Crippen molar-refractivity contribution in [3.63, 3.8) is 0 Å². The smallest absolute Gasteiger partial charge is 0.255 e. The van der Waals surface area contributed by atoms with E-state index in [0.717, 1.165) is 27.7 Å². The number of aromatic amines is 1. The van der Waals surface area contributed by atoms with E-state index in [-0.39, 0.29) is 18.3 Å². The van der Waals surface area contributed by atoms with Crippen LogP contribution < -0.4 is 11.1 Å². The van der Waals surface area contributed by atoms with Gasteiger partial charge in [-0.1, -0.05) is 12.1 Å². The molecule has 0 atom stereocenters. The summed E-state index contributed by atoms with van der Waals surface area (Å²) in [5, 5.41) is 2.92. The Morgan fingerprint density at radius 2 is 1.68 bits per heavy atom. The number of benzene rings is 2. The Labute approximate surface area is 191 Å². The van der Waals surface area contributed by atoms with Gasteiger partial charge in [0.15, 0.2) is 5.95 Å². The molecular formula is C16H12ClI3N4O. The lowest BCUT2D eigenvalue weighted by Gasteiger charge is -2.08. The minimum Gasteiger partial charge on any atom is -0.369 e. The van der Waals surface area contributed by atoms with Gasteiger partial charge >= 0.3 is 0 Å². The largest absolute Gasteiger partial charge is 0.369 e. The molecule has 0 radical (unpaired) electrons. The van der Waals surface area contributed by atoms with Crippen molar-refractivity contribution < 1.29 is 4.79 Å². The van der Waals surface area contributed by atoms with Crippen LogP contribution in [0, 0.1) is 10.7 Å². The van der Waals surface area contributed by atoms with Crippen LogP contribution >= 0.6 is 80.2 Å². The maximum absolute atomic E-state index is 12.4. The number of nitrogens with zero attached hydrogens (tertiary/aromatic N) is 1.